The molecule has 1 atom stereocenters. The zero-order chi connectivity index (χ0) is 16.7. The third-order valence-corrected chi connectivity index (χ3v) is 3.25. The van der Waals surface area contributed by atoms with Crippen LogP contribution < -0.4 is 10.1 Å². The molecule has 1 amide bonds. The molecule has 2 aromatic carbocycles. The van der Waals surface area contributed by atoms with E-state index in [1.165, 1.54) is 0 Å². The van der Waals surface area contributed by atoms with Crippen LogP contribution in [0.25, 0.3) is 0 Å². The zero-order valence-electron chi connectivity index (χ0n) is 12.8. The monoisotopic (exact) mass is 310 g/mol. The molecule has 0 aliphatic rings. The van der Waals surface area contributed by atoms with Crippen molar-refractivity contribution in [3.8, 4) is 17.6 Å². The van der Waals surface area contributed by atoms with Crippen molar-refractivity contribution >= 4 is 5.91 Å². The minimum Gasteiger partial charge on any atom is -0.457 e. The second-order valence-electron chi connectivity index (χ2n) is 5.15. The smallest absolute Gasteiger partial charge is 0.251 e. The molecule has 23 heavy (non-hydrogen) atoms. The molecule has 0 saturated carbocycles. The molecule has 0 radical (unpaired) electrons. The van der Waals surface area contributed by atoms with Crippen LogP contribution in [-0.2, 0) is 0 Å². The number of aliphatic hydroxyl groups excluding tert-OH is 1. The van der Waals surface area contributed by atoms with Gasteiger partial charge in [-0.25, -0.2) is 0 Å². The van der Waals surface area contributed by atoms with Gasteiger partial charge in [0.1, 0.15) is 11.5 Å². The molecule has 5 nitrogen and oxygen atoms in total. The maximum Gasteiger partial charge on any atom is 0.251 e. The number of aliphatic hydroxyl groups is 1. The van der Waals surface area contributed by atoms with Crippen molar-refractivity contribution in [1.82, 2.24) is 5.32 Å². The Hall–Kier alpha value is -2.84. The molecule has 0 spiro atoms. The molecule has 118 valence electrons. The van der Waals surface area contributed by atoms with Crippen LogP contribution in [0.1, 0.15) is 29.3 Å². The number of carbonyl (C=O) groups is 1. The van der Waals surface area contributed by atoms with Crippen LogP contribution in [0.3, 0.4) is 0 Å². The highest BCUT2D eigenvalue weighted by Gasteiger charge is 2.10. The first kappa shape index (κ1) is 16.5. The highest BCUT2D eigenvalue weighted by atomic mass is 16.5. The van der Waals surface area contributed by atoms with Gasteiger partial charge >= 0.3 is 0 Å². The molecule has 2 N–H and O–H groups in total. The number of carbonyl (C=O) groups excluding carboxylic acids is 1. The van der Waals surface area contributed by atoms with Crippen molar-refractivity contribution in [2.45, 2.75) is 19.4 Å². The predicted octanol–water partition coefficient (Wildman–Crippen LogP) is 2.85. The Kier molecular flexibility index (Phi) is 5.73. The summed E-state index contributed by atoms with van der Waals surface area (Å²) in [6.45, 7) is 1.87. The van der Waals surface area contributed by atoms with E-state index in [1.807, 2.05) is 13.0 Å². The maximum absolute atomic E-state index is 12.1. The van der Waals surface area contributed by atoms with Crippen molar-refractivity contribution < 1.29 is 14.6 Å². The highest BCUT2D eigenvalue weighted by molar-refractivity contribution is 5.94. The number of ether oxygens (including phenoxy) is 1. The fraction of sp³-hybridized carbons (Fsp3) is 0.222. The van der Waals surface area contributed by atoms with Crippen LogP contribution in [0.15, 0.2) is 48.5 Å². The Morgan fingerprint density at radius 2 is 2.00 bits per heavy atom. The number of nitriles is 1. The van der Waals surface area contributed by atoms with Crippen LogP contribution in [0.5, 0.6) is 11.5 Å². The average molecular weight is 310 g/mol. The van der Waals surface area contributed by atoms with Crippen molar-refractivity contribution in [3.05, 3.63) is 59.7 Å². The molecule has 0 aromatic heterocycles. The quantitative estimate of drug-likeness (QED) is 0.859. The largest absolute Gasteiger partial charge is 0.457 e. The van der Waals surface area contributed by atoms with Crippen molar-refractivity contribution in [2.75, 3.05) is 6.61 Å². The van der Waals surface area contributed by atoms with Crippen LogP contribution in [0.2, 0.25) is 0 Å². The lowest BCUT2D eigenvalue weighted by Crippen LogP contribution is -2.33. The molecule has 0 aliphatic carbocycles. The molecule has 0 aliphatic heterocycles. The van der Waals surface area contributed by atoms with Gasteiger partial charge in [0, 0.05) is 18.2 Å². The molecule has 0 fully saturated rings. The zero-order valence-corrected chi connectivity index (χ0v) is 12.8. The average Bonchev–Trinajstić information content (AvgIpc) is 2.56. The number of hydrogen-bond donors (Lipinski definition) is 2. The lowest BCUT2D eigenvalue weighted by Gasteiger charge is -2.13. The molecular formula is C18H18N2O3. The first-order valence-electron chi connectivity index (χ1n) is 7.32. The van der Waals surface area contributed by atoms with E-state index in [4.69, 9.17) is 15.1 Å². The number of amides is 1. The van der Waals surface area contributed by atoms with Gasteiger partial charge in [-0.05, 0) is 55.8 Å². The van der Waals surface area contributed by atoms with E-state index in [0.717, 1.165) is 0 Å². The van der Waals surface area contributed by atoms with Gasteiger partial charge in [-0.1, -0.05) is 6.07 Å². The second kappa shape index (κ2) is 7.97. The fourth-order valence-electron chi connectivity index (χ4n) is 2.01. The van der Waals surface area contributed by atoms with Gasteiger partial charge in [-0.15, -0.1) is 0 Å². The Balaban J connectivity index is 2.07. The third-order valence-electron chi connectivity index (χ3n) is 3.25. The normalized spacial score (nSPS) is 11.3. The van der Waals surface area contributed by atoms with Crippen LogP contribution >= 0.6 is 0 Å². The molecule has 1 unspecified atom stereocenters. The van der Waals surface area contributed by atoms with Gasteiger partial charge in [0.15, 0.2) is 0 Å². The molecular weight excluding hydrogens is 292 g/mol. The minimum atomic E-state index is -0.212. The summed E-state index contributed by atoms with van der Waals surface area (Å²) in [5.74, 6) is 0.920. The van der Waals surface area contributed by atoms with E-state index in [1.54, 1.807) is 48.5 Å². The summed E-state index contributed by atoms with van der Waals surface area (Å²) in [4.78, 5) is 12.1. The summed E-state index contributed by atoms with van der Waals surface area (Å²) in [7, 11) is 0. The number of rotatable bonds is 6. The van der Waals surface area contributed by atoms with Gasteiger partial charge in [0.25, 0.3) is 5.91 Å². The molecule has 0 saturated heterocycles. The van der Waals surface area contributed by atoms with Gasteiger partial charge in [-0.2, -0.15) is 5.26 Å². The minimum absolute atomic E-state index is 0.0310. The SMILES string of the molecule is CC(CCO)NC(=O)c1cccc(Oc2ccc(C#N)cc2)c1. The van der Waals surface area contributed by atoms with E-state index in [0.29, 0.717) is 29.0 Å². The predicted molar refractivity (Wildman–Crippen MR) is 86.3 cm³/mol. The molecule has 2 rings (SSSR count). The Labute approximate surface area is 135 Å². The summed E-state index contributed by atoms with van der Waals surface area (Å²) >= 11 is 0. The second-order valence-corrected chi connectivity index (χ2v) is 5.15. The lowest BCUT2D eigenvalue weighted by atomic mass is 10.1. The Bertz CT molecular complexity index is 705. The number of nitrogens with zero attached hydrogens (tertiary/aromatic N) is 1. The topological polar surface area (TPSA) is 82.3 Å². The van der Waals surface area contributed by atoms with Crippen molar-refractivity contribution in [3.63, 3.8) is 0 Å². The first-order valence-corrected chi connectivity index (χ1v) is 7.32. The summed E-state index contributed by atoms with van der Waals surface area (Å²) in [6, 6.07) is 15.5. The Morgan fingerprint density at radius 1 is 1.26 bits per heavy atom. The van der Waals surface area contributed by atoms with Crippen molar-refractivity contribution in [2.24, 2.45) is 0 Å². The van der Waals surface area contributed by atoms with Crippen LogP contribution in [-0.4, -0.2) is 23.7 Å². The van der Waals surface area contributed by atoms with E-state index in [-0.39, 0.29) is 18.6 Å². The van der Waals surface area contributed by atoms with Gasteiger partial charge < -0.3 is 15.2 Å². The highest BCUT2D eigenvalue weighted by Crippen LogP contribution is 2.22. The number of benzene rings is 2. The molecule has 0 bridgehead atoms. The van der Waals surface area contributed by atoms with Crippen LogP contribution in [0, 0.1) is 11.3 Å². The summed E-state index contributed by atoms with van der Waals surface area (Å²) in [6.07, 6.45) is 0.507. The van der Waals surface area contributed by atoms with Gasteiger partial charge in [0.2, 0.25) is 0 Å². The van der Waals surface area contributed by atoms with Crippen LogP contribution in [0.4, 0.5) is 0 Å². The van der Waals surface area contributed by atoms with Gasteiger partial charge in [0.05, 0.1) is 11.6 Å². The van der Waals surface area contributed by atoms with E-state index >= 15 is 0 Å². The first-order chi connectivity index (χ1) is 11.1. The molecule has 0 heterocycles. The Morgan fingerprint density at radius 3 is 2.65 bits per heavy atom. The van der Waals surface area contributed by atoms with Crippen molar-refractivity contribution in [1.29, 1.82) is 5.26 Å². The molecule has 2 aromatic rings. The van der Waals surface area contributed by atoms with E-state index in [2.05, 4.69) is 5.32 Å². The fourth-order valence-corrected chi connectivity index (χ4v) is 2.01. The standard InChI is InChI=1S/C18H18N2O3/c1-13(9-10-21)20-18(22)15-3-2-4-17(11-15)23-16-7-5-14(12-19)6-8-16/h2-8,11,13,21H,9-10H2,1H3,(H,20,22). The number of hydrogen-bond acceptors (Lipinski definition) is 4. The number of nitrogens with one attached hydrogen (secondary N) is 1. The van der Waals surface area contributed by atoms with E-state index < -0.39 is 0 Å². The van der Waals surface area contributed by atoms with Gasteiger partial charge in [-0.3, -0.25) is 4.79 Å². The molecule has 5 heteroatoms. The summed E-state index contributed by atoms with van der Waals surface area (Å²) < 4.78 is 5.69. The summed E-state index contributed by atoms with van der Waals surface area (Å²) in [5.41, 5.74) is 1.05. The summed E-state index contributed by atoms with van der Waals surface area (Å²) in [5, 5.41) is 20.5. The third kappa shape index (κ3) is 4.83. The lowest BCUT2D eigenvalue weighted by molar-refractivity contribution is 0.0934. The van der Waals surface area contributed by atoms with E-state index in [9.17, 15) is 4.79 Å². The maximum atomic E-state index is 12.1.